The van der Waals surface area contributed by atoms with Crippen LogP contribution in [0.3, 0.4) is 0 Å². The number of nitrogens with one attached hydrogen (secondary N) is 2. The minimum atomic E-state index is -0.653. The third kappa shape index (κ3) is 6.17. The zero-order valence-electron chi connectivity index (χ0n) is 19.0. The number of aromatic nitrogens is 2. The second-order valence-corrected chi connectivity index (χ2v) is 9.10. The molecule has 2 amide bonds. The molecule has 0 fully saturated rings. The number of benzene rings is 2. The molecule has 2 N–H and O–H groups in total. The first kappa shape index (κ1) is 23.5. The summed E-state index contributed by atoms with van der Waals surface area (Å²) in [5.74, 6) is -0.573. The lowest BCUT2D eigenvalue weighted by Crippen LogP contribution is -2.47. The van der Waals surface area contributed by atoms with Crippen molar-refractivity contribution in [3.63, 3.8) is 0 Å². The predicted octanol–water partition coefficient (Wildman–Crippen LogP) is 4.95. The van der Waals surface area contributed by atoms with Crippen LogP contribution in [0.25, 0.3) is 0 Å². The Morgan fingerprint density at radius 3 is 2.12 bits per heavy atom. The van der Waals surface area contributed by atoms with Crippen LogP contribution in [-0.2, 0) is 4.79 Å². The van der Waals surface area contributed by atoms with E-state index in [0.29, 0.717) is 16.4 Å². The van der Waals surface area contributed by atoms with Crippen LogP contribution in [0.1, 0.15) is 41.2 Å². The lowest BCUT2D eigenvalue weighted by Gasteiger charge is -2.22. The van der Waals surface area contributed by atoms with Crippen molar-refractivity contribution in [2.75, 3.05) is 5.32 Å². The highest BCUT2D eigenvalue weighted by Crippen LogP contribution is 2.26. The van der Waals surface area contributed by atoms with Crippen molar-refractivity contribution in [3.05, 3.63) is 77.1 Å². The van der Waals surface area contributed by atoms with Gasteiger partial charge in [0.2, 0.25) is 5.91 Å². The second kappa shape index (κ2) is 10.4. The van der Waals surface area contributed by atoms with Crippen LogP contribution in [0.2, 0.25) is 0 Å². The van der Waals surface area contributed by atoms with Crippen molar-refractivity contribution in [1.82, 2.24) is 15.3 Å². The lowest BCUT2D eigenvalue weighted by molar-refractivity contribution is -0.118. The minimum Gasteiger partial charge on any atom is -0.340 e. The number of aryl methyl sites for hydroxylation is 3. The van der Waals surface area contributed by atoms with E-state index in [1.165, 1.54) is 11.8 Å². The molecule has 32 heavy (non-hydrogen) atoms. The van der Waals surface area contributed by atoms with E-state index >= 15 is 0 Å². The first-order chi connectivity index (χ1) is 15.2. The zero-order valence-corrected chi connectivity index (χ0v) is 19.8. The number of amides is 2. The molecule has 0 saturated heterocycles. The summed E-state index contributed by atoms with van der Waals surface area (Å²) in [7, 11) is 0. The molecule has 7 heteroatoms. The van der Waals surface area contributed by atoms with Crippen LogP contribution < -0.4 is 10.6 Å². The fourth-order valence-corrected chi connectivity index (χ4v) is 4.11. The van der Waals surface area contributed by atoms with Gasteiger partial charge in [-0.3, -0.25) is 9.59 Å². The van der Waals surface area contributed by atoms with Gasteiger partial charge in [0.1, 0.15) is 6.04 Å². The van der Waals surface area contributed by atoms with Gasteiger partial charge in [-0.15, -0.1) is 0 Å². The van der Waals surface area contributed by atoms with Gasteiger partial charge in [0.25, 0.3) is 5.91 Å². The molecule has 0 aliphatic rings. The van der Waals surface area contributed by atoms with Gasteiger partial charge in [-0.1, -0.05) is 32.0 Å². The van der Waals surface area contributed by atoms with E-state index < -0.39 is 6.04 Å². The Balaban J connectivity index is 1.66. The van der Waals surface area contributed by atoms with E-state index in [0.717, 1.165) is 21.8 Å². The molecule has 6 nitrogen and oxygen atoms in total. The molecule has 2 aromatic carbocycles. The van der Waals surface area contributed by atoms with Gasteiger partial charge < -0.3 is 10.6 Å². The molecular weight excluding hydrogens is 420 g/mol. The van der Waals surface area contributed by atoms with Crippen molar-refractivity contribution in [2.45, 2.75) is 50.7 Å². The number of anilines is 1. The highest BCUT2D eigenvalue weighted by molar-refractivity contribution is 7.99. The topological polar surface area (TPSA) is 84.0 Å². The molecule has 3 aromatic rings. The van der Waals surface area contributed by atoms with Crippen LogP contribution in [0, 0.1) is 26.7 Å². The van der Waals surface area contributed by atoms with Gasteiger partial charge in [-0.2, -0.15) is 0 Å². The second-order valence-electron chi connectivity index (χ2n) is 8.06. The molecule has 1 heterocycles. The van der Waals surface area contributed by atoms with E-state index in [1.807, 2.05) is 83.1 Å². The van der Waals surface area contributed by atoms with Gasteiger partial charge in [0.15, 0.2) is 5.16 Å². The summed E-state index contributed by atoms with van der Waals surface area (Å²) in [6.07, 6.45) is 0. The minimum absolute atomic E-state index is 0.0699. The molecule has 3 rings (SSSR count). The van der Waals surface area contributed by atoms with Crippen molar-refractivity contribution in [3.8, 4) is 0 Å². The van der Waals surface area contributed by atoms with Crippen LogP contribution in [-0.4, -0.2) is 27.8 Å². The lowest BCUT2D eigenvalue weighted by atomic mass is 10.0. The van der Waals surface area contributed by atoms with Crippen molar-refractivity contribution in [2.24, 2.45) is 5.92 Å². The summed E-state index contributed by atoms with van der Waals surface area (Å²) in [4.78, 5) is 35.5. The summed E-state index contributed by atoms with van der Waals surface area (Å²) in [6, 6.07) is 16.1. The summed E-state index contributed by atoms with van der Waals surface area (Å²) in [5, 5.41) is 6.48. The average molecular weight is 449 g/mol. The summed E-state index contributed by atoms with van der Waals surface area (Å²) >= 11 is 1.47. The Morgan fingerprint density at radius 1 is 0.906 bits per heavy atom. The highest BCUT2D eigenvalue weighted by atomic mass is 32.2. The number of nitrogens with zero attached hydrogens (tertiary/aromatic N) is 2. The maximum absolute atomic E-state index is 12.9. The average Bonchev–Trinajstić information content (AvgIpc) is 2.72. The third-order valence-corrected chi connectivity index (χ3v) is 5.79. The van der Waals surface area contributed by atoms with Gasteiger partial charge in [-0.25, -0.2) is 9.97 Å². The van der Waals surface area contributed by atoms with E-state index in [9.17, 15) is 9.59 Å². The number of rotatable bonds is 7. The Morgan fingerprint density at radius 2 is 1.53 bits per heavy atom. The quantitative estimate of drug-likeness (QED) is 0.500. The molecule has 1 aromatic heterocycles. The zero-order chi connectivity index (χ0) is 23.3. The monoisotopic (exact) mass is 448 g/mol. The number of carbonyl (C=O) groups excluding carboxylic acids is 2. The van der Waals surface area contributed by atoms with E-state index in [1.54, 1.807) is 6.07 Å². The maximum Gasteiger partial charge on any atom is 0.252 e. The summed E-state index contributed by atoms with van der Waals surface area (Å²) < 4.78 is 0. The van der Waals surface area contributed by atoms with Crippen molar-refractivity contribution >= 4 is 29.3 Å². The Hall–Kier alpha value is -3.19. The fourth-order valence-electron chi connectivity index (χ4n) is 3.25. The normalized spacial score (nSPS) is 11.8. The number of hydrogen-bond donors (Lipinski definition) is 2. The first-order valence-corrected chi connectivity index (χ1v) is 11.3. The Labute approximate surface area is 193 Å². The third-order valence-electron chi connectivity index (χ3n) is 4.92. The summed E-state index contributed by atoms with van der Waals surface area (Å²) in [5.41, 5.74) is 3.96. The van der Waals surface area contributed by atoms with Crippen molar-refractivity contribution in [1.29, 1.82) is 0 Å². The summed E-state index contributed by atoms with van der Waals surface area (Å²) in [6.45, 7) is 9.58. The van der Waals surface area contributed by atoms with Gasteiger partial charge in [0.05, 0.1) is 0 Å². The standard InChI is InChI=1S/C25H28N4O2S/c1-15(2)22(29-23(30)21-9-7-6-8-16(21)3)24(31)28-19-10-12-20(13-11-19)32-25-26-17(4)14-18(5)27-25/h6-15,22H,1-5H3,(H,28,31)(H,29,30). The molecule has 0 radical (unpaired) electrons. The van der Waals surface area contributed by atoms with E-state index in [-0.39, 0.29) is 17.7 Å². The molecule has 1 unspecified atom stereocenters. The highest BCUT2D eigenvalue weighted by Gasteiger charge is 2.25. The maximum atomic E-state index is 12.9. The number of carbonyl (C=O) groups is 2. The predicted molar refractivity (Wildman–Crippen MR) is 128 cm³/mol. The molecule has 166 valence electrons. The smallest absolute Gasteiger partial charge is 0.252 e. The Kier molecular flexibility index (Phi) is 7.64. The molecule has 0 saturated carbocycles. The largest absolute Gasteiger partial charge is 0.340 e. The molecular formula is C25H28N4O2S. The van der Waals surface area contributed by atoms with Crippen LogP contribution >= 0.6 is 11.8 Å². The number of hydrogen-bond acceptors (Lipinski definition) is 5. The molecule has 0 aliphatic heterocycles. The van der Waals surface area contributed by atoms with E-state index in [4.69, 9.17) is 0 Å². The Bertz CT molecular complexity index is 1090. The fraction of sp³-hybridized carbons (Fsp3) is 0.280. The van der Waals surface area contributed by atoms with Gasteiger partial charge in [0, 0.05) is 27.5 Å². The first-order valence-electron chi connectivity index (χ1n) is 10.5. The molecule has 1 atom stereocenters. The molecule has 0 bridgehead atoms. The molecule has 0 spiro atoms. The van der Waals surface area contributed by atoms with Crippen molar-refractivity contribution < 1.29 is 9.59 Å². The SMILES string of the molecule is Cc1cc(C)nc(Sc2ccc(NC(=O)C(NC(=O)c3ccccc3C)C(C)C)cc2)n1. The van der Waals surface area contributed by atoms with Gasteiger partial charge >= 0.3 is 0 Å². The molecule has 0 aliphatic carbocycles. The van der Waals surface area contributed by atoms with Crippen LogP contribution in [0.15, 0.2) is 64.6 Å². The van der Waals surface area contributed by atoms with Crippen LogP contribution in [0.4, 0.5) is 5.69 Å². The van der Waals surface area contributed by atoms with Gasteiger partial charge in [-0.05, 0) is 80.4 Å². The van der Waals surface area contributed by atoms with E-state index in [2.05, 4.69) is 20.6 Å². The van der Waals surface area contributed by atoms with Crippen LogP contribution in [0.5, 0.6) is 0 Å².